The van der Waals surface area contributed by atoms with Crippen molar-refractivity contribution in [1.82, 2.24) is 5.32 Å². The Morgan fingerprint density at radius 2 is 2.30 bits per heavy atom. The standard InChI is InChI=1S/C14H18N2O3S/c15-10-12-3-1-5-14(9-12)20(17,18)8-7-19-13-4-2-6-16-11-13/h1,3,5,9,13,16H,2,4,6-8,11H2/t13-/m0/s1. The lowest BCUT2D eigenvalue weighted by molar-refractivity contribution is 0.0468. The van der Waals surface area contributed by atoms with Crippen LogP contribution in [0.3, 0.4) is 0 Å². The third kappa shape index (κ3) is 4.04. The van der Waals surface area contributed by atoms with Gasteiger partial charge in [0.15, 0.2) is 9.84 Å². The average Bonchev–Trinajstić information content (AvgIpc) is 2.48. The lowest BCUT2D eigenvalue weighted by Gasteiger charge is -2.22. The fourth-order valence-electron chi connectivity index (χ4n) is 2.16. The molecule has 0 aromatic heterocycles. The van der Waals surface area contributed by atoms with Gasteiger partial charge in [0.1, 0.15) is 0 Å². The van der Waals surface area contributed by atoms with Gasteiger partial charge in [0, 0.05) is 6.54 Å². The van der Waals surface area contributed by atoms with Crippen LogP contribution < -0.4 is 5.32 Å². The van der Waals surface area contributed by atoms with Crippen LogP contribution in [0.1, 0.15) is 18.4 Å². The molecule has 1 atom stereocenters. The van der Waals surface area contributed by atoms with Crippen molar-refractivity contribution >= 4 is 9.84 Å². The van der Waals surface area contributed by atoms with E-state index in [2.05, 4.69) is 5.32 Å². The highest BCUT2D eigenvalue weighted by Crippen LogP contribution is 2.14. The number of hydrogen-bond donors (Lipinski definition) is 1. The zero-order chi connectivity index (χ0) is 14.4. The summed E-state index contributed by atoms with van der Waals surface area (Å²) in [4.78, 5) is 0.182. The van der Waals surface area contributed by atoms with E-state index in [1.165, 1.54) is 12.1 Å². The Labute approximate surface area is 119 Å². The second-order valence-electron chi connectivity index (χ2n) is 4.80. The first-order valence-corrected chi connectivity index (χ1v) is 8.32. The van der Waals surface area contributed by atoms with E-state index in [0.29, 0.717) is 5.56 Å². The Kier molecular flexibility index (Phi) is 5.12. The zero-order valence-electron chi connectivity index (χ0n) is 11.2. The van der Waals surface area contributed by atoms with Gasteiger partial charge < -0.3 is 10.1 Å². The fourth-order valence-corrected chi connectivity index (χ4v) is 3.31. The summed E-state index contributed by atoms with van der Waals surface area (Å²) in [5.41, 5.74) is 0.350. The molecule has 0 unspecified atom stereocenters. The maximum absolute atomic E-state index is 12.1. The molecule has 1 aliphatic rings. The maximum Gasteiger partial charge on any atom is 0.180 e. The van der Waals surface area contributed by atoms with E-state index in [0.717, 1.165) is 25.9 Å². The van der Waals surface area contributed by atoms with Gasteiger partial charge in [-0.15, -0.1) is 0 Å². The van der Waals surface area contributed by atoms with Crippen LogP contribution in [0.2, 0.25) is 0 Å². The third-order valence-electron chi connectivity index (χ3n) is 3.28. The summed E-state index contributed by atoms with van der Waals surface area (Å²) in [5, 5.41) is 12.0. The minimum absolute atomic E-state index is 0.0572. The molecule has 1 aliphatic heterocycles. The number of sulfone groups is 1. The number of piperidine rings is 1. The molecule has 2 rings (SSSR count). The molecule has 0 aliphatic carbocycles. The van der Waals surface area contributed by atoms with Gasteiger partial charge in [-0.2, -0.15) is 5.26 Å². The number of benzene rings is 1. The van der Waals surface area contributed by atoms with Gasteiger partial charge in [-0.25, -0.2) is 8.42 Å². The summed E-state index contributed by atoms with van der Waals surface area (Å²) in [5.74, 6) is -0.0572. The number of nitrogens with one attached hydrogen (secondary N) is 1. The highest BCUT2D eigenvalue weighted by molar-refractivity contribution is 7.91. The Morgan fingerprint density at radius 3 is 3.00 bits per heavy atom. The molecule has 1 fully saturated rings. The van der Waals surface area contributed by atoms with Gasteiger partial charge in [-0.3, -0.25) is 0 Å². The maximum atomic E-state index is 12.1. The van der Waals surface area contributed by atoms with Crippen molar-refractivity contribution < 1.29 is 13.2 Å². The predicted octanol–water partition coefficient (Wildman–Crippen LogP) is 1.10. The van der Waals surface area contributed by atoms with Crippen molar-refractivity contribution in [1.29, 1.82) is 5.26 Å². The first-order valence-electron chi connectivity index (χ1n) is 6.67. The Balaban J connectivity index is 1.91. The molecule has 1 N–H and O–H groups in total. The van der Waals surface area contributed by atoms with E-state index < -0.39 is 9.84 Å². The average molecular weight is 294 g/mol. The normalized spacial score (nSPS) is 19.4. The second kappa shape index (κ2) is 6.84. The predicted molar refractivity (Wildman–Crippen MR) is 75.1 cm³/mol. The number of nitrogens with zero attached hydrogens (tertiary/aromatic N) is 1. The molecule has 0 amide bonds. The van der Waals surface area contributed by atoms with Crippen molar-refractivity contribution in [3.8, 4) is 6.07 Å². The summed E-state index contributed by atoms with van der Waals surface area (Å²) in [7, 11) is -3.39. The molecular formula is C14H18N2O3S. The zero-order valence-corrected chi connectivity index (χ0v) is 12.0. The summed E-state index contributed by atoms with van der Waals surface area (Å²) < 4.78 is 29.9. The fraction of sp³-hybridized carbons (Fsp3) is 0.500. The van der Waals surface area contributed by atoms with Crippen LogP contribution in [0.4, 0.5) is 0 Å². The summed E-state index contributed by atoms with van der Waals surface area (Å²) >= 11 is 0. The minimum Gasteiger partial charge on any atom is -0.376 e. The van der Waals surface area contributed by atoms with Crippen LogP contribution >= 0.6 is 0 Å². The largest absolute Gasteiger partial charge is 0.376 e. The van der Waals surface area contributed by atoms with Crippen molar-refractivity contribution in [2.75, 3.05) is 25.4 Å². The molecule has 1 heterocycles. The van der Waals surface area contributed by atoms with Gasteiger partial charge in [-0.1, -0.05) is 6.07 Å². The second-order valence-corrected chi connectivity index (χ2v) is 6.91. The third-order valence-corrected chi connectivity index (χ3v) is 4.96. The van der Waals surface area contributed by atoms with E-state index in [-0.39, 0.29) is 23.4 Å². The highest BCUT2D eigenvalue weighted by Gasteiger charge is 2.17. The quantitative estimate of drug-likeness (QED) is 0.879. The van der Waals surface area contributed by atoms with E-state index >= 15 is 0 Å². The molecule has 0 spiro atoms. The molecule has 1 aromatic rings. The first-order chi connectivity index (χ1) is 9.62. The smallest absolute Gasteiger partial charge is 0.180 e. The number of nitriles is 1. The van der Waals surface area contributed by atoms with E-state index in [1.54, 1.807) is 12.1 Å². The Morgan fingerprint density at radius 1 is 1.45 bits per heavy atom. The van der Waals surface area contributed by atoms with E-state index in [1.807, 2.05) is 6.07 Å². The number of ether oxygens (including phenoxy) is 1. The highest BCUT2D eigenvalue weighted by atomic mass is 32.2. The molecule has 6 heteroatoms. The van der Waals surface area contributed by atoms with Crippen molar-refractivity contribution in [2.45, 2.75) is 23.8 Å². The van der Waals surface area contributed by atoms with Crippen LogP contribution in [0.25, 0.3) is 0 Å². The number of rotatable bonds is 5. The first kappa shape index (κ1) is 15.0. The van der Waals surface area contributed by atoms with Crippen molar-refractivity contribution in [3.05, 3.63) is 29.8 Å². The van der Waals surface area contributed by atoms with Gasteiger partial charge >= 0.3 is 0 Å². The molecule has 5 nitrogen and oxygen atoms in total. The molecule has 20 heavy (non-hydrogen) atoms. The van der Waals surface area contributed by atoms with Gasteiger partial charge in [0.05, 0.1) is 35.0 Å². The topological polar surface area (TPSA) is 79.2 Å². The molecule has 0 saturated carbocycles. The molecular weight excluding hydrogens is 276 g/mol. The molecule has 0 bridgehead atoms. The molecule has 1 saturated heterocycles. The van der Waals surface area contributed by atoms with E-state index in [4.69, 9.17) is 10.00 Å². The van der Waals surface area contributed by atoms with Crippen LogP contribution in [0, 0.1) is 11.3 Å². The summed E-state index contributed by atoms with van der Waals surface area (Å²) in [6.07, 6.45) is 2.13. The molecule has 0 radical (unpaired) electrons. The van der Waals surface area contributed by atoms with Gasteiger partial charge in [-0.05, 0) is 37.6 Å². The number of hydrogen-bond acceptors (Lipinski definition) is 5. The van der Waals surface area contributed by atoms with E-state index in [9.17, 15) is 8.42 Å². The van der Waals surface area contributed by atoms with Crippen LogP contribution in [-0.2, 0) is 14.6 Å². The lowest BCUT2D eigenvalue weighted by Crippen LogP contribution is -2.36. The summed E-state index contributed by atoms with van der Waals surface area (Å²) in [6, 6.07) is 8.02. The molecule has 108 valence electrons. The van der Waals surface area contributed by atoms with Gasteiger partial charge in [0.25, 0.3) is 0 Å². The lowest BCUT2D eigenvalue weighted by atomic mass is 10.1. The Hall–Kier alpha value is -1.42. The summed E-state index contributed by atoms with van der Waals surface area (Å²) in [6.45, 7) is 1.97. The Bertz CT molecular complexity index is 587. The minimum atomic E-state index is -3.39. The van der Waals surface area contributed by atoms with Crippen LogP contribution in [-0.4, -0.2) is 40.0 Å². The van der Waals surface area contributed by atoms with Crippen molar-refractivity contribution in [3.63, 3.8) is 0 Å². The SMILES string of the molecule is N#Cc1cccc(S(=O)(=O)CCO[C@H]2CCCNC2)c1. The van der Waals surface area contributed by atoms with Gasteiger partial charge in [0.2, 0.25) is 0 Å². The van der Waals surface area contributed by atoms with Crippen LogP contribution in [0.15, 0.2) is 29.2 Å². The molecule has 1 aromatic carbocycles. The monoisotopic (exact) mass is 294 g/mol. The van der Waals surface area contributed by atoms with Crippen molar-refractivity contribution in [2.24, 2.45) is 0 Å². The van der Waals surface area contributed by atoms with Crippen LogP contribution in [0.5, 0.6) is 0 Å².